The van der Waals surface area contributed by atoms with E-state index >= 15 is 0 Å². The Kier molecular flexibility index (Phi) is 5.86. The van der Waals surface area contributed by atoms with Crippen molar-refractivity contribution in [3.8, 4) is 5.75 Å². The molecule has 2 heterocycles. The molecule has 1 aromatic heterocycles. The fourth-order valence-corrected chi connectivity index (χ4v) is 5.18. The predicted octanol–water partition coefficient (Wildman–Crippen LogP) is 3.31. The van der Waals surface area contributed by atoms with E-state index in [1.54, 1.807) is 7.11 Å². The van der Waals surface area contributed by atoms with Crippen LogP contribution in [-0.2, 0) is 17.8 Å². The van der Waals surface area contributed by atoms with Crippen LogP contribution in [0.1, 0.15) is 65.4 Å². The van der Waals surface area contributed by atoms with E-state index in [1.807, 2.05) is 6.92 Å². The number of fused-ring (bicyclic) bond motifs is 2. The average Bonchev–Trinajstić information content (AvgIpc) is 2.95. The molecule has 2 N–H and O–H groups in total. The minimum absolute atomic E-state index is 0.0368. The Morgan fingerprint density at radius 1 is 1.21 bits per heavy atom. The van der Waals surface area contributed by atoms with Crippen molar-refractivity contribution in [2.45, 2.75) is 57.7 Å². The van der Waals surface area contributed by atoms with Crippen molar-refractivity contribution in [3.05, 3.63) is 63.1 Å². The third-order valence-electron chi connectivity index (χ3n) is 7.25. The van der Waals surface area contributed by atoms with Gasteiger partial charge in [0.05, 0.1) is 17.6 Å². The number of nitrogens with one attached hydrogen (secondary N) is 1. The second kappa shape index (κ2) is 8.37. The molecule has 0 saturated heterocycles. The lowest BCUT2D eigenvalue weighted by Crippen LogP contribution is -2.59. The van der Waals surface area contributed by atoms with Crippen molar-refractivity contribution >= 4 is 11.7 Å². The molecule has 1 saturated carbocycles. The standard InChI is InChI=1S/C24H26F2N2O5/c1-23-8-4-3-5-9-24(23,33-2)13-28-12-16(19(29)20(30)18(28)21(23)31)22(32)27-11-14-6-7-15(25)10-17(14)26/h6-7,10,12,30H,3-5,8-9,11,13H2,1-2H3,(H,27,32)/t23-,24-/m1/s1. The van der Waals surface area contributed by atoms with Crippen molar-refractivity contribution in [3.63, 3.8) is 0 Å². The smallest absolute Gasteiger partial charge is 0.257 e. The molecule has 2 aliphatic rings. The van der Waals surface area contributed by atoms with Gasteiger partial charge in [-0.1, -0.05) is 25.3 Å². The normalized spacial score (nSPS) is 24.5. The third-order valence-corrected chi connectivity index (χ3v) is 7.25. The van der Waals surface area contributed by atoms with Crippen LogP contribution in [0.5, 0.6) is 5.75 Å². The van der Waals surface area contributed by atoms with Gasteiger partial charge in [0.2, 0.25) is 5.43 Å². The maximum atomic E-state index is 13.9. The van der Waals surface area contributed by atoms with Crippen LogP contribution in [0.3, 0.4) is 0 Å². The van der Waals surface area contributed by atoms with Gasteiger partial charge >= 0.3 is 0 Å². The van der Waals surface area contributed by atoms with E-state index in [-0.39, 0.29) is 35.7 Å². The molecular formula is C24H26F2N2O5. The Balaban J connectivity index is 1.71. The zero-order valence-electron chi connectivity index (χ0n) is 18.5. The first-order chi connectivity index (χ1) is 15.6. The molecule has 9 heteroatoms. The van der Waals surface area contributed by atoms with Crippen LogP contribution < -0.4 is 10.7 Å². The fraction of sp³-hybridized carbons (Fsp3) is 0.458. The molecule has 7 nitrogen and oxygen atoms in total. The van der Waals surface area contributed by atoms with E-state index in [4.69, 9.17) is 4.74 Å². The van der Waals surface area contributed by atoms with Crippen LogP contribution in [0, 0.1) is 17.0 Å². The van der Waals surface area contributed by atoms with Crippen molar-refractivity contribution in [2.24, 2.45) is 5.41 Å². The van der Waals surface area contributed by atoms with Gasteiger partial charge in [-0.25, -0.2) is 8.78 Å². The number of carbonyl (C=O) groups excluding carboxylic acids is 2. The maximum absolute atomic E-state index is 13.9. The molecule has 1 fully saturated rings. The van der Waals surface area contributed by atoms with Gasteiger partial charge in [-0.2, -0.15) is 0 Å². The zero-order chi connectivity index (χ0) is 24.0. The lowest BCUT2D eigenvalue weighted by molar-refractivity contribution is -0.112. The molecule has 0 radical (unpaired) electrons. The number of aromatic nitrogens is 1. The van der Waals surface area contributed by atoms with E-state index in [0.717, 1.165) is 25.3 Å². The van der Waals surface area contributed by atoms with Crippen molar-refractivity contribution in [1.29, 1.82) is 0 Å². The van der Waals surface area contributed by atoms with E-state index < -0.39 is 39.7 Å². The Hall–Kier alpha value is -3.07. The van der Waals surface area contributed by atoms with Crippen LogP contribution in [-0.4, -0.2) is 34.1 Å². The molecule has 2 aromatic rings. The number of carbonyl (C=O) groups is 2. The summed E-state index contributed by atoms with van der Waals surface area (Å²) >= 11 is 0. The molecule has 33 heavy (non-hydrogen) atoms. The van der Waals surface area contributed by atoms with Crippen LogP contribution in [0.2, 0.25) is 0 Å². The Bertz CT molecular complexity index is 1190. The summed E-state index contributed by atoms with van der Waals surface area (Å²) in [5.41, 5.74) is -3.19. The quantitative estimate of drug-likeness (QED) is 0.730. The summed E-state index contributed by atoms with van der Waals surface area (Å²) in [6.07, 6.45) is 5.09. The van der Waals surface area contributed by atoms with Gasteiger partial charge in [-0.15, -0.1) is 0 Å². The molecule has 1 aromatic carbocycles. The summed E-state index contributed by atoms with van der Waals surface area (Å²) in [6.45, 7) is 1.73. The molecule has 1 aliphatic carbocycles. The second-order valence-electron chi connectivity index (χ2n) is 9.04. The molecular weight excluding hydrogens is 434 g/mol. The Morgan fingerprint density at radius 2 is 1.94 bits per heavy atom. The molecule has 0 bridgehead atoms. The van der Waals surface area contributed by atoms with Gasteiger partial charge in [-0.05, 0) is 25.8 Å². The summed E-state index contributed by atoms with van der Waals surface area (Å²) in [4.78, 5) is 39.1. The Labute approximate surface area is 189 Å². The summed E-state index contributed by atoms with van der Waals surface area (Å²) in [5, 5.41) is 13.1. The third kappa shape index (κ3) is 3.64. The van der Waals surface area contributed by atoms with Crippen LogP contribution >= 0.6 is 0 Å². The summed E-state index contributed by atoms with van der Waals surface area (Å²) < 4.78 is 34.3. The van der Waals surface area contributed by atoms with Gasteiger partial charge in [0.1, 0.15) is 22.9 Å². The van der Waals surface area contributed by atoms with E-state index in [0.29, 0.717) is 18.9 Å². The first kappa shape index (κ1) is 23.1. The summed E-state index contributed by atoms with van der Waals surface area (Å²) in [5.74, 6) is -3.59. The van der Waals surface area contributed by atoms with Gasteiger partial charge in [0.25, 0.3) is 5.91 Å². The van der Waals surface area contributed by atoms with Gasteiger partial charge in [-0.3, -0.25) is 14.4 Å². The fourth-order valence-electron chi connectivity index (χ4n) is 5.18. The molecule has 0 unspecified atom stereocenters. The van der Waals surface area contributed by atoms with Crippen molar-refractivity contribution in [2.75, 3.05) is 7.11 Å². The predicted molar refractivity (Wildman–Crippen MR) is 115 cm³/mol. The number of methoxy groups -OCH3 is 1. The number of Topliss-reactive ketones (excluding diaryl/α,β-unsaturated/α-hetero) is 1. The first-order valence-electron chi connectivity index (χ1n) is 10.9. The molecule has 1 amide bonds. The SMILES string of the molecule is CO[C@@]12CCCCC[C@]1(C)C(=O)c1c(O)c(=O)c(C(=O)NCc3ccc(F)cc3F)cn1C2. The monoisotopic (exact) mass is 460 g/mol. The van der Waals surface area contributed by atoms with Gasteiger partial charge in [0, 0.05) is 31.5 Å². The van der Waals surface area contributed by atoms with E-state index in [1.165, 1.54) is 16.8 Å². The number of rotatable bonds is 4. The number of aromatic hydroxyl groups is 1. The second-order valence-corrected chi connectivity index (χ2v) is 9.04. The topological polar surface area (TPSA) is 97.6 Å². The number of amides is 1. The number of nitrogens with zero attached hydrogens (tertiary/aromatic N) is 1. The maximum Gasteiger partial charge on any atom is 0.257 e. The molecule has 176 valence electrons. The largest absolute Gasteiger partial charge is 0.503 e. The van der Waals surface area contributed by atoms with Crippen LogP contribution in [0.15, 0.2) is 29.2 Å². The minimum atomic E-state index is -0.978. The Morgan fingerprint density at radius 3 is 2.64 bits per heavy atom. The highest BCUT2D eigenvalue weighted by atomic mass is 19.1. The highest BCUT2D eigenvalue weighted by molar-refractivity contribution is 6.04. The number of hydrogen-bond donors (Lipinski definition) is 2. The molecule has 2 atom stereocenters. The number of ether oxygens (including phenoxy) is 1. The molecule has 4 rings (SSSR count). The lowest BCUT2D eigenvalue weighted by Gasteiger charge is -2.50. The number of pyridine rings is 1. The van der Waals surface area contributed by atoms with Crippen LogP contribution in [0.25, 0.3) is 0 Å². The van der Waals surface area contributed by atoms with Crippen molar-refractivity contribution < 1.29 is 28.2 Å². The summed E-state index contributed by atoms with van der Waals surface area (Å²) in [7, 11) is 1.55. The van der Waals surface area contributed by atoms with Crippen LogP contribution in [0.4, 0.5) is 8.78 Å². The summed E-state index contributed by atoms with van der Waals surface area (Å²) in [6, 6.07) is 2.94. The van der Waals surface area contributed by atoms with E-state index in [2.05, 4.69) is 5.32 Å². The lowest BCUT2D eigenvalue weighted by atomic mass is 9.64. The molecule has 0 spiro atoms. The number of hydrogen-bond acceptors (Lipinski definition) is 5. The zero-order valence-corrected chi connectivity index (χ0v) is 18.5. The highest BCUT2D eigenvalue weighted by Gasteiger charge is 2.58. The highest BCUT2D eigenvalue weighted by Crippen LogP contribution is 2.51. The first-order valence-corrected chi connectivity index (χ1v) is 10.9. The number of halogens is 2. The minimum Gasteiger partial charge on any atom is -0.503 e. The number of benzene rings is 1. The van der Waals surface area contributed by atoms with Crippen molar-refractivity contribution in [1.82, 2.24) is 9.88 Å². The van der Waals surface area contributed by atoms with Gasteiger partial charge < -0.3 is 19.7 Å². The average molecular weight is 460 g/mol. The van der Waals surface area contributed by atoms with Gasteiger partial charge in [0.15, 0.2) is 11.5 Å². The molecule has 1 aliphatic heterocycles. The van der Waals surface area contributed by atoms with E-state index in [9.17, 15) is 28.3 Å². The number of ketones is 1.